The molecule has 1 aromatic carbocycles. The van der Waals surface area contributed by atoms with E-state index in [1.54, 1.807) is 30.3 Å². The molecule has 1 heterocycles. The van der Waals surface area contributed by atoms with Crippen LogP contribution in [0.25, 0.3) is 6.08 Å². The average molecular weight is 288 g/mol. The summed E-state index contributed by atoms with van der Waals surface area (Å²) in [5.74, 6) is -0.304. The van der Waals surface area contributed by atoms with Gasteiger partial charge in [0.2, 0.25) is 0 Å². The standard InChI is InChI=1S/C14H12N2O3S/c1-19-7-6-16-13(17)12(20-14(16)18)8-10-2-4-11(9-15)5-3-10/h2-5,8H,6-7H2,1H3. The molecule has 0 N–H and O–H groups in total. The molecule has 102 valence electrons. The molecule has 6 heteroatoms. The van der Waals surface area contributed by atoms with Gasteiger partial charge in [-0.15, -0.1) is 0 Å². The summed E-state index contributed by atoms with van der Waals surface area (Å²) < 4.78 is 4.87. The van der Waals surface area contributed by atoms with Crippen LogP contribution >= 0.6 is 11.8 Å². The van der Waals surface area contributed by atoms with Gasteiger partial charge in [0, 0.05) is 7.11 Å². The Morgan fingerprint density at radius 3 is 2.65 bits per heavy atom. The van der Waals surface area contributed by atoms with Crippen molar-refractivity contribution in [1.29, 1.82) is 5.26 Å². The van der Waals surface area contributed by atoms with E-state index in [2.05, 4.69) is 0 Å². The van der Waals surface area contributed by atoms with Crippen LogP contribution in [0.2, 0.25) is 0 Å². The van der Waals surface area contributed by atoms with Crippen molar-refractivity contribution >= 4 is 29.0 Å². The van der Waals surface area contributed by atoms with Crippen LogP contribution in [0.4, 0.5) is 4.79 Å². The van der Waals surface area contributed by atoms with Gasteiger partial charge in [-0.05, 0) is 35.5 Å². The van der Waals surface area contributed by atoms with E-state index in [1.807, 2.05) is 6.07 Å². The molecule has 1 aromatic rings. The van der Waals surface area contributed by atoms with Crippen molar-refractivity contribution in [2.45, 2.75) is 0 Å². The summed E-state index contributed by atoms with van der Waals surface area (Å²) >= 11 is 0.915. The summed E-state index contributed by atoms with van der Waals surface area (Å²) in [6.07, 6.45) is 1.65. The first kappa shape index (κ1) is 14.3. The zero-order chi connectivity index (χ0) is 14.5. The van der Waals surface area contributed by atoms with Gasteiger partial charge >= 0.3 is 0 Å². The molecule has 2 rings (SSSR count). The average Bonchev–Trinajstić information content (AvgIpc) is 2.72. The molecule has 5 nitrogen and oxygen atoms in total. The molecule has 0 aliphatic carbocycles. The Hall–Kier alpha value is -2.10. The highest BCUT2D eigenvalue weighted by atomic mass is 32.2. The van der Waals surface area contributed by atoms with Crippen LogP contribution in [0.3, 0.4) is 0 Å². The van der Waals surface area contributed by atoms with E-state index < -0.39 is 0 Å². The van der Waals surface area contributed by atoms with Crippen molar-refractivity contribution in [2.24, 2.45) is 0 Å². The number of nitrogens with zero attached hydrogens (tertiary/aromatic N) is 2. The molecule has 1 aliphatic heterocycles. The van der Waals surface area contributed by atoms with E-state index in [4.69, 9.17) is 10.00 Å². The number of amides is 2. The normalized spacial score (nSPS) is 16.8. The number of methoxy groups -OCH3 is 1. The summed E-state index contributed by atoms with van der Waals surface area (Å²) in [6, 6.07) is 8.84. The molecule has 1 saturated heterocycles. The SMILES string of the molecule is COCCN1C(=O)SC(=Cc2ccc(C#N)cc2)C1=O. The van der Waals surface area contributed by atoms with Gasteiger partial charge < -0.3 is 4.74 Å². The minimum absolute atomic E-state index is 0.256. The highest BCUT2D eigenvalue weighted by Crippen LogP contribution is 2.31. The first-order valence-corrected chi connectivity index (χ1v) is 6.72. The number of nitriles is 1. The van der Waals surface area contributed by atoms with E-state index in [0.29, 0.717) is 17.1 Å². The number of imide groups is 1. The number of carbonyl (C=O) groups excluding carboxylic acids is 2. The second-order valence-corrected chi connectivity index (χ2v) is 5.05. The number of rotatable bonds is 4. The zero-order valence-corrected chi connectivity index (χ0v) is 11.6. The van der Waals surface area contributed by atoms with Gasteiger partial charge in [0.05, 0.1) is 29.7 Å². The fourth-order valence-electron chi connectivity index (χ4n) is 1.68. The Morgan fingerprint density at radius 2 is 2.05 bits per heavy atom. The van der Waals surface area contributed by atoms with Gasteiger partial charge in [-0.25, -0.2) is 0 Å². The molecule has 1 fully saturated rings. The molecule has 0 aromatic heterocycles. The lowest BCUT2D eigenvalue weighted by Gasteiger charge is -2.10. The molecule has 20 heavy (non-hydrogen) atoms. The van der Waals surface area contributed by atoms with Crippen LogP contribution < -0.4 is 0 Å². The van der Waals surface area contributed by atoms with Gasteiger partial charge in [-0.3, -0.25) is 14.5 Å². The Morgan fingerprint density at radius 1 is 1.35 bits per heavy atom. The summed E-state index contributed by atoms with van der Waals surface area (Å²) in [6.45, 7) is 0.577. The van der Waals surface area contributed by atoms with Gasteiger partial charge in [-0.1, -0.05) is 12.1 Å². The smallest absolute Gasteiger partial charge is 0.293 e. The molecule has 1 aliphatic rings. The second-order valence-electron chi connectivity index (χ2n) is 4.06. The molecule has 0 radical (unpaired) electrons. The molecule has 0 unspecified atom stereocenters. The third kappa shape index (κ3) is 3.07. The number of hydrogen-bond acceptors (Lipinski definition) is 5. The zero-order valence-electron chi connectivity index (χ0n) is 10.8. The molecule has 0 spiro atoms. The second kappa shape index (κ2) is 6.37. The Kier molecular flexibility index (Phi) is 4.56. The van der Waals surface area contributed by atoms with Gasteiger partial charge in [0.15, 0.2) is 0 Å². The third-order valence-electron chi connectivity index (χ3n) is 2.73. The third-order valence-corrected chi connectivity index (χ3v) is 3.64. The number of ether oxygens (including phenoxy) is 1. The molecular weight excluding hydrogens is 276 g/mol. The van der Waals surface area contributed by atoms with E-state index in [1.165, 1.54) is 12.0 Å². The highest BCUT2D eigenvalue weighted by molar-refractivity contribution is 8.18. The predicted octanol–water partition coefficient (Wildman–Crippen LogP) is 2.24. The maximum atomic E-state index is 12.1. The van der Waals surface area contributed by atoms with E-state index in [0.717, 1.165) is 17.3 Å². The van der Waals surface area contributed by atoms with Crippen LogP contribution in [-0.4, -0.2) is 36.3 Å². The van der Waals surface area contributed by atoms with E-state index in [-0.39, 0.29) is 17.7 Å². The maximum absolute atomic E-state index is 12.1. The lowest BCUT2D eigenvalue weighted by molar-refractivity contribution is -0.123. The molecule has 2 amide bonds. The summed E-state index contributed by atoms with van der Waals surface area (Å²) in [7, 11) is 1.52. The monoisotopic (exact) mass is 288 g/mol. The lowest BCUT2D eigenvalue weighted by atomic mass is 10.1. The Labute approximate surface area is 120 Å². The Balaban J connectivity index is 2.16. The van der Waals surface area contributed by atoms with Crippen molar-refractivity contribution in [2.75, 3.05) is 20.3 Å². The van der Waals surface area contributed by atoms with Crippen LogP contribution in [0.15, 0.2) is 29.2 Å². The fraction of sp³-hybridized carbons (Fsp3) is 0.214. The topological polar surface area (TPSA) is 70.4 Å². The van der Waals surface area contributed by atoms with Gasteiger partial charge in [-0.2, -0.15) is 5.26 Å². The fourth-order valence-corrected chi connectivity index (χ4v) is 2.55. The van der Waals surface area contributed by atoms with Crippen molar-refractivity contribution < 1.29 is 14.3 Å². The molecule has 0 saturated carbocycles. The van der Waals surface area contributed by atoms with Crippen LogP contribution in [-0.2, 0) is 9.53 Å². The maximum Gasteiger partial charge on any atom is 0.293 e. The quantitative estimate of drug-likeness (QED) is 0.795. The van der Waals surface area contributed by atoms with Crippen LogP contribution in [0.5, 0.6) is 0 Å². The lowest BCUT2D eigenvalue weighted by Crippen LogP contribution is -2.31. The largest absolute Gasteiger partial charge is 0.383 e. The summed E-state index contributed by atoms with van der Waals surface area (Å²) in [5.41, 5.74) is 1.33. The molecule has 0 bridgehead atoms. The minimum Gasteiger partial charge on any atom is -0.383 e. The highest BCUT2D eigenvalue weighted by Gasteiger charge is 2.34. The number of thioether (sulfide) groups is 1. The van der Waals surface area contributed by atoms with Crippen LogP contribution in [0.1, 0.15) is 11.1 Å². The molecule has 0 atom stereocenters. The summed E-state index contributed by atoms with van der Waals surface area (Å²) in [5, 5.41) is 8.43. The Bertz CT molecular complexity index is 602. The van der Waals surface area contributed by atoms with Crippen LogP contribution in [0, 0.1) is 11.3 Å². The van der Waals surface area contributed by atoms with Gasteiger partial charge in [0.25, 0.3) is 11.1 Å². The van der Waals surface area contributed by atoms with Crippen molar-refractivity contribution in [1.82, 2.24) is 4.90 Å². The van der Waals surface area contributed by atoms with Gasteiger partial charge in [0.1, 0.15) is 0 Å². The van der Waals surface area contributed by atoms with Crippen molar-refractivity contribution in [3.8, 4) is 6.07 Å². The first-order valence-electron chi connectivity index (χ1n) is 5.90. The number of carbonyl (C=O) groups is 2. The van der Waals surface area contributed by atoms with Crippen molar-refractivity contribution in [3.05, 3.63) is 40.3 Å². The van der Waals surface area contributed by atoms with E-state index in [9.17, 15) is 9.59 Å². The predicted molar refractivity (Wildman–Crippen MR) is 75.7 cm³/mol. The minimum atomic E-state index is -0.304. The number of benzene rings is 1. The first-order chi connectivity index (χ1) is 9.65. The molecular formula is C14H12N2O3S. The number of hydrogen-bond donors (Lipinski definition) is 0. The van der Waals surface area contributed by atoms with E-state index >= 15 is 0 Å². The summed E-state index contributed by atoms with van der Waals surface area (Å²) in [4.78, 5) is 25.3. The van der Waals surface area contributed by atoms with Crippen molar-refractivity contribution in [3.63, 3.8) is 0 Å².